The predicted molar refractivity (Wildman–Crippen MR) is 62.7 cm³/mol. The Bertz CT molecular complexity index is 172. The summed E-state index contributed by atoms with van der Waals surface area (Å²) in [6, 6.07) is 0. The molecule has 0 aromatic rings. The average Bonchev–Trinajstić information content (AvgIpc) is 2.00. The van der Waals surface area contributed by atoms with Gasteiger partial charge in [-0.3, -0.25) is 0 Å². The number of alkyl halides is 3. The first-order chi connectivity index (χ1) is 7.31. The number of hydrogen-bond acceptors (Lipinski definition) is 0. The minimum Gasteiger partial charge on any atom is -0.244 e. The molecule has 16 heavy (non-hydrogen) atoms. The van der Waals surface area contributed by atoms with Gasteiger partial charge in [-0.25, -0.2) is 13.2 Å². The summed E-state index contributed by atoms with van der Waals surface area (Å²) >= 11 is 0. The molecule has 0 bridgehead atoms. The zero-order valence-electron chi connectivity index (χ0n) is 11.0. The molecule has 0 heterocycles. The van der Waals surface area contributed by atoms with Crippen LogP contribution >= 0.6 is 0 Å². The van der Waals surface area contributed by atoms with E-state index in [-0.39, 0.29) is 12.8 Å². The largest absolute Gasteiger partial charge is 0.248 e. The van der Waals surface area contributed by atoms with Gasteiger partial charge >= 0.3 is 0 Å². The fourth-order valence-electron chi connectivity index (χ4n) is 1.54. The summed E-state index contributed by atoms with van der Waals surface area (Å²) in [5.74, 6) is -1.91. The molecule has 2 saturated carbocycles. The van der Waals surface area contributed by atoms with Crippen molar-refractivity contribution in [3.05, 3.63) is 0 Å². The minimum atomic E-state index is -2.28. The fourth-order valence-corrected chi connectivity index (χ4v) is 1.54. The van der Waals surface area contributed by atoms with Crippen molar-refractivity contribution >= 4 is 0 Å². The maximum absolute atomic E-state index is 12.8. The van der Waals surface area contributed by atoms with Crippen LogP contribution in [0.3, 0.4) is 0 Å². The molecule has 0 atom stereocenters. The molecule has 2 fully saturated rings. The quantitative estimate of drug-likeness (QED) is 0.576. The zero-order chi connectivity index (χ0) is 12.8. The summed E-state index contributed by atoms with van der Waals surface area (Å²) in [7, 11) is 0. The van der Waals surface area contributed by atoms with Crippen LogP contribution in [0.15, 0.2) is 0 Å². The number of halogens is 3. The number of rotatable bonds is 1. The van der Waals surface area contributed by atoms with Crippen LogP contribution in [-0.2, 0) is 0 Å². The Morgan fingerprint density at radius 3 is 1.38 bits per heavy atom. The Hall–Kier alpha value is -0.210. The van der Waals surface area contributed by atoms with Crippen molar-refractivity contribution in [2.75, 3.05) is 0 Å². The summed E-state index contributed by atoms with van der Waals surface area (Å²) in [6.07, 6.45) is 4.39. The van der Waals surface area contributed by atoms with Crippen LogP contribution in [-0.4, -0.2) is 11.6 Å². The lowest BCUT2D eigenvalue weighted by Crippen LogP contribution is -2.31. The van der Waals surface area contributed by atoms with Crippen LogP contribution in [0.4, 0.5) is 13.2 Å². The summed E-state index contributed by atoms with van der Waals surface area (Å²) < 4.78 is 35.9. The van der Waals surface area contributed by atoms with Gasteiger partial charge in [-0.1, -0.05) is 20.3 Å². The van der Waals surface area contributed by atoms with E-state index in [4.69, 9.17) is 0 Å². The Balaban J connectivity index is 0.000000251. The summed E-state index contributed by atoms with van der Waals surface area (Å²) in [4.78, 5) is 0. The molecule has 2 rings (SSSR count). The first-order valence-electron chi connectivity index (χ1n) is 6.38. The second-order valence-electron chi connectivity index (χ2n) is 4.90. The van der Waals surface area contributed by atoms with Gasteiger partial charge in [0.25, 0.3) is 0 Å². The van der Waals surface area contributed by atoms with Gasteiger partial charge in [-0.2, -0.15) is 0 Å². The summed E-state index contributed by atoms with van der Waals surface area (Å²) in [5.41, 5.74) is -0.905. The van der Waals surface area contributed by atoms with Gasteiger partial charge in [0.2, 0.25) is 5.92 Å². The van der Waals surface area contributed by atoms with E-state index in [1.807, 2.05) is 13.8 Å². The van der Waals surface area contributed by atoms with Gasteiger partial charge in [0.05, 0.1) is 0 Å². The molecular weight excluding hydrogens is 213 g/mol. The van der Waals surface area contributed by atoms with Crippen molar-refractivity contribution in [1.29, 1.82) is 0 Å². The van der Waals surface area contributed by atoms with E-state index in [9.17, 15) is 13.2 Å². The molecule has 0 aromatic heterocycles. The lowest BCUT2D eigenvalue weighted by atomic mass is 9.76. The molecule has 0 aromatic carbocycles. The second kappa shape index (κ2) is 6.51. The first-order valence-corrected chi connectivity index (χ1v) is 6.38. The highest BCUT2D eigenvalue weighted by Crippen LogP contribution is 2.38. The van der Waals surface area contributed by atoms with Crippen molar-refractivity contribution in [1.82, 2.24) is 0 Å². The Kier molecular flexibility index (Phi) is 6.42. The smallest absolute Gasteiger partial charge is 0.244 e. The van der Waals surface area contributed by atoms with E-state index >= 15 is 0 Å². The van der Waals surface area contributed by atoms with Crippen LogP contribution in [0.5, 0.6) is 0 Å². The van der Waals surface area contributed by atoms with Gasteiger partial charge < -0.3 is 0 Å². The van der Waals surface area contributed by atoms with E-state index in [0.717, 1.165) is 12.8 Å². The second-order valence-corrected chi connectivity index (χ2v) is 4.90. The van der Waals surface area contributed by atoms with Crippen molar-refractivity contribution in [2.45, 2.75) is 77.8 Å². The van der Waals surface area contributed by atoms with Gasteiger partial charge in [0, 0.05) is 12.8 Å². The van der Waals surface area contributed by atoms with Gasteiger partial charge in [0.15, 0.2) is 0 Å². The lowest BCUT2D eigenvalue weighted by molar-refractivity contribution is -0.0717. The third kappa shape index (κ3) is 5.76. The third-order valence-corrected chi connectivity index (χ3v) is 3.16. The van der Waals surface area contributed by atoms with E-state index in [0.29, 0.717) is 12.3 Å². The van der Waals surface area contributed by atoms with Crippen LogP contribution in [0.25, 0.3) is 0 Å². The molecule has 0 saturated heterocycles. The monoisotopic (exact) mass is 238 g/mol. The highest BCUT2D eigenvalue weighted by atomic mass is 19.3. The van der Waals surface area contributed by atoms with Crippen molar-refractivity contribution < 1.29 is 13.2 Å². The van der Waals surface area contributed by atoms with Crippen molar-refractivity contribution in [3.8, 4) is 0 Å². The topological polar surface area (TPSA) is 0 Å². The highest BCUT2D eigenvalue weighted by molar-refractivity contribution is 4.83. The molecule has 0 amide bonds. The first kappa shape index (κ1) is 15.8. The third-order valence-electron chi connectivity index (χ3n) is 3.16. The molecule has 0 nitrogen and oxygen atoms in total. The summed E-state index contributed by atoms with van der Waals surface area (Å²) in [6.45, 7) is 7.35. The van der Waals surface area contributed by atoms with Crippen molar-refractivity contribution in [2.24, 2.45) is 5.92 Å². The van der Waals surface area contributed by atoms with Crippen molar-refractivity contribution in [3.63, 3.8) is 0 Å². The van der Waals surface area contributed by atoms with Crippen LogP contribution in [0.1, 0.15) is 66.2 Å². The zero-order valence-corrected chi connectivity index (χ0v) is 11.0. The molecule has 0 aliphatic heterocycles. The average molecular weight is 238 g/mol. The summed E-state index contributed by atoms with van der Waals surface area (Å²) in [5, 5.41) is 0. The molecule has 3 heteroatoms. The molecule has 0 N–H and O–H groups in total. The molecule has 2 aliphatic rings. The van der Waals surface area contributed by atoms with E-state index in [2.05, 4.69) is 0 Å². The molecule has 0 spiro atoms. The maximum Gasteiger partial charge on any atom is 0.248 e. The Morgan fingerprint density at radius 1 is 1.00 bits per heavy atom. The molecule has 0 radical (unpaired) electrons. The maximum atomic E-state index is 12.8. The number of hydrogen-bond donors (Lipinski definition) is 0. The van der Waals surface area contributed by atoms with Gasteiger partial charge in [-0.15, -0.1) is 0 Å². The lowest BCUT2D eigenvalue weighted by Gasteiger charge is -2.33. The highest BCUT2D eigenvalue weighted by Gasteiger charge is 2.36. The van der Waals surface area contributed by atoms with Crippen LogP contribution in [0, 0.1) is 5.92 Å². The molecule has 98 valence electrons. The van der Waals surface area contributed by atoms with Crippen LogP contribution < -0.4 is 0 Å². The van der Waals surface area contributed by atoms with Gasteiger partial charge in [-0.05, 0) is 39.0 Å². The van der Waals surface area contributed by atoms with Crippen LogP contribution in [0.2, 0.25) is 0 Å². The van der Waals surface area contributed by atoms with Gasteiger partial charge in [0.1, 0.15) is 5.67 Å². The normalized spacial score (nSPS) is 22.7. The van der Waals surface area contributed by atoms with E-state index < -0.39 is 11.6 Å². The minimum absolute atomic E-state index is 0.118. The Labute approximate surface area is 97.6 Å². The molecular formula is C13H25F3. The fraction of sp³-hybridized carbons (Fsp3) is 1.00. The molecule has 2 aliphatic carbocycles. The SMILES string of the molecule is CC.CC(C)(F)C1CCC1.FC1(F)CCC1. The molecule has 0 unspecified atom stereocenters. The van der Waals surface area contributed by atoms with E-state index in [1.54, 1.807) is 13.8 Å². The van der Waals surface area contributed by atoms with E-state index in [1.165, 1.54) is 6.42 Å². The predicted octanol–water partition coefficient (Wildman–Crippen LogP) is 5.37. The standard InChI is InChI=1S/C7H13F.C4H6F2.C2H6/c1-7(2,8)6-4-3-5-6;5-4(6)2-1-3-4;1-2/h6H,3-5H2,1-2H3;1-3H2;1-2H3. The Morgan fingerprint density at radius 2 is 1.38 bits per heavy atom.